The fourth-order valence-corrected chi connectivity index (χ4v) is 2.25. The van der Waals surface area contributed by atoms with Crippen molar-refractivity contribution in [2.24, 2.45) is 5.92 Å². The molecule has 1 atom stereocenters. The largest absolute Gasteiger partial charge is 0.373 e. The quantitative estimate of drug-likeness (QED) is 0.814. The minimum Gasteiger partial charge on any atom is -0.373 e. The van der Waals surface area contributed by atoms with E-state index in [0.29, 0.717) is 0 Å². The molecule has 1 aromatic heterocycles. The fourth-order valence-electron chi connectivity index (χ4n) is 2.25. The minimum absolute atomic E-state index is 0.724. The lowest BCUT2D eigenvalue weighted by Crippen LogP contribution is -2.37. The summed E-state index contributed by atoms with van der Waals surface area (Å²) in [4.78, 5) is 10.6. The Morgan fingerprint density at radius 1 is 1.53 bits per heavy atom. The van der Waals surface area contributed by atoms with Crippen LogP contribution >= 0.6 is 0 Å². The molecule has 0 radical (unpaired) electrons. The van der Waals surface area contributed by atoms with Crippen LogP contribution in [0.15, 0.2) is 12.4 Å². The second-order valence-electron chi connectivity index (χ2n) is 4.60. The van der Waals surface area contributed by atoms with Crippen molar-refractivity contribution in [2.45, 2.75) is 12.8 Å². The van der Waals surface area contributed by atoms with Gasteiger partial charge in [-0.25, -0.2) is 9.97 Å². The van der Waals surface area contributed by atoms with Crippen molar-refractivity contribution in [2.75, 3.05) is 43.9 Å². The van der Waals surface area contributed by atoms with E-state index in [4.69, 9.17) is 0 Å². The average Bonchev–Trinajstić information content (AvgIpc) is 2.40. The summed E-state index contributed by atoms with van der Waals surface area (Å²) in [5.41, 5.74) is 0. The van der Waals surface area contributed by atoms with Gasteiger partial charge in [0.15, 0.2) is 0 Å². The van der Waals surface area contributed by atoms with Crippen molar-refractivity contribution in [1.82, 2.24) is 15.3 Å². The van der Waals surface area contributed by atoms with Gasteiger partial charge in [0.2, 0.25) is 0 Å². The molecule has 0 spiro atoms. The summed E-state index contributed by atoms with van der Waals surface area (Å²) in [6.07, 6.45) is 4.20. The fraction of sp³-hybridized carbons (Fsp3) is 0.667. The summed E-state index contributed by atoms with van der Waals surface area (Å²) in [7, 11) is 3.97. The summed E-state index contributed by atoms with van der Waals surface area (Å²) >= 11 is 0. The Balaban J connectivity index is 1.95. The summed E-state index contributed by atoms with van der Waals surface area (Å²) in [6.45, 7) is 3.33. The molecule has 1 aliphatic heterocycles. The van der Waals surface area contributed by atoms with Crippen LogP contribution in [0, 0.1) is 5.92 Å². The van der Waals surface area contributed by atoms with Crippen molar-refractivity contribution in [1.29, 1.82) is 0 Å². The second-order valence-corrected chi connectivity index (χ2v) is 4.60. The van der Waals surface area contributed by atoms with Crippen LogP contribution in [-0.4, -0.2) is 43.7 Å². The molecule has 0 saturated carbocycles. The second kappa shape index (κ2) is 5.82. The molecule has 2 rings (SSSR count). The van der Waals surface area contributed by atoms with Crippen LogP contribution in [0.4, 0.5) is 11.6 Å². The van der Waals surface area contributed by atoms with Crippen LogP contribution in [0.3, 0.4) is 0 Å². The predicted octanol–water partition coefficient (Wildman–Crippen LogP) is 0.954. The highest BCUT2D eigenvalue weighted by Gasteiger charge is 2.15. The third-order valence-electron chi connectivity index (χ3n) is 3.23. The third kappa shape index (κ3) is 3.30. The summed E-state index contributed by atoms with van der Waals surface area (Å²) in [5.74, 6) is 2.57. The maximum absolute atomic E-state index is 4.31. The van der Waals surface area contributed by atoms with Crippen molar-refractivity contribution in [3.63, 3.8) is 0 Å². The van der Waals surface area contributed by atoms with Gasteiger partial charge >= 0.3 is 0 Å². The molecule has 17 heavy (non-hydrogen) atoms. The molecule has 0 amide bonds. The third-order valence-corrected chi connectivity index (χ3v) is 3.23. The van der Waals surface area contributed by atoms with Gasteiger partial charge in [-0.1, -0.05) is 0 Å². The first kappa shape index (κ1) is 12.1. The molecule has 1 unspecified atom stereocenters. The van der Waals surface area contributed by atoms with Crippen molar-refractivity contribution >= 4 is 11.6 Å². The van der Waals surface area contributed by atoms with Crippen LogP contribution in [0.25, 0.3) is 0 Å². The first-order valence-corrected chi connectivity index (χ1v) is 6.21. The zero-order valence-corrected chi connectivity index (χ0v) is 10.6. The SMILES string of the molecule is CNc1cc(N(C)CC2CCCNC2)ncn1. The number of piperidine rings is 1. The van der Waals surface area contributed by atoms with E-state index < -0.39 is 0 Å². The Bertz CT molecular complexity index is 349. The molecule has 0 aliphatic carbocycles. The van der Waals surface area contributed by atoms with E-state index in [1.807, 2.05) is 13.1 Å². The molecule has 5 nitrogen and oxygen atoms in total. The van der Waals surface area contributed by atoms with Crippen LogP contribution in [0.5, 0.6) is 0 Å². The van der Waals surface area contributed by atoms with Gasteiger partial charge in [0.25, 0.3) is 0 Å². The number of nitrogens with one attached hydrogen (secondary N) is 2. The van der Waals surface area contributed by atoms with Crippen molar-refractivity contribution < 1.29 is 0 Å². The van der Waals surface area contributed by atoms with E-state index in [1.54, 1.807) is 6.33 Å². The highest BCUT2D eigenvalue weighted by molar-refractivity contribution is 5.47. The highest BCUT2D eigenvalue weighted by atomic mass is 15.2. The summed E-state index contributed by atoms with van der Waals surface area (Å²) in [6, 6.07) is 1.98. The molecule has 1 fully saturated rings. The monoisotopic (exact) mass is 235 g/mol. The maximum Gasteiger partial charge on any atom is 0.133 e. The van der Waals surface area contributed by atoms with Gasteiger partial charge in [0.05, 0.1) is 0 Å². The number of nitrogens with zero attached hydrogens (tertiary/aromatic N) is 3. The molecule has 1 aromatic rings. The molecule has 0 bridgehead atoms. The lowest BCUT2D eigenvalue weighted by atomic mass is 9.99. The van der Waals surface area contributed by atoms with Gasteiger partial charge in [0.1, 0.15) is 18.0 Å². The minimum atomic E-state index is 0.724. The van der Waals surface area contributed by atoms with E-state index >= 15 is 0 Å². The number of aromatic nitrogens is 2. The Kier molecular flexibility index (Phi) is 4.14. The molecule has 5 heteroatoms. The summed E-state index contributed by atoms with van der Waals surface area (Å²) < 4.78 is 0. The van der Waals surface area contributed by atoms with Crippen LogP contribution in [-0.2, 0) is 0 Å². The van der Waals surface area contributed by atoms with E-state index in [1.165, 1.54) is 12.8 Å². The lowest BCUT2D eigenvalue weighted by molar-refractivity contribution is 0.380. The van der Waals surface area contributed by atoms with Crippen molar-refractivity contribution in [3.05, 3.63) is 12.4 Å². The first-order chi connectivity index (χ1) is 8.29. The molecule has 2 heterocycles. The van der Waals surface area contributed by atoms with Crippen molar-refractivity contribution in [3.8, 4) is 0 Å². The molecule has 0 aromatic carbocycles. The maximum atomic E-state index is 4.31. The Morgan fingerprint density at radius 2 is 2.41 bits per heavy atom. The topological polar surface area (TPSA) is 53.1 Å². The number of hydrogen-bond donors (Lipinski definition) is 2. The molecule has 2 N–H and O–H groups in total. The van der Waals surface area contributed by atoms with E-state index in [2.05, 4.69) is 32.5 Å². The van der Waals surface area contributed by atoms with Gasteiger partial charge in [-0.2, -0.15) is 0 Å². The zero-order valence-electron chi connectivity index (χ0n) is 10.6. The smallest absolute Gasteiger partial charge is 0.133 e. The van der Waals surface area contributed by atoms with E-state index in [0.717, 1.165) is 37.2 Å². The number of anilines is 2. The molecule has 1 aliphatic rings. The molecular weight excluding hydrogens is 214 g/mol. The van der Waals surface area contributed by atoms with Gasteiger partial charge in [-0.3, -0.25) is 0 Å². The first-order valence-electron chi connectivity index (χ1n) is 6.21. The average molecular weight is 235 g/mol. The normalized spacial score (nSPS) is 20.0. The van der Waals surface area contributed by atoms with Gasteiger partial charge in [-0.05, 0) is 31.8 Å². The van der Waals surface area contributed by atoms with E-state index in [9.17, 15) is 0 Å². The zero-order chi connectivity index (χ0) is 12.1. The summed E-state index contributed by atoms with van der Waals surface area (Å²) in [5, 5.41) is 6.48. The lowest BCUT2D eigenvalue weighted by Gasteiger charge is -2.28. The molecule has 1 saturated heterocycles. The van der Waals surface area contributed by atoms with Gasteiger partial charge < -0.3 is 15.5 Å². The van der Waals surface area contributed by atoms with Gasteiger partial charge in [-0.15, -0.1) is 0 Å². The predicted molar refractivity (Wildman–Crippen MR) is 70.4 cm³/mol. The molecular formula is C12H21N5. The van der Waals surface area contributed by atoms with Gasteiger partial charge in [0, 0.05) is 26.7 Å². The van der Waals surface area contributed by atoms with Crippen LogP contribution in [0.1, 0.15) is 12.8 Å². The van der Waals surface area contributed by atoms with Crippen LogP contribution < -0.4 is 15.5 Å². The highest BCUT2D eigenvalue weighted by Crippen LogP contribution is 2.16. The molecule has 94 valence electrons. The van der Waals surface area contributed by atoms with E-state index in [-0.39, 0.29) is 0 Å². The Labute approximate surface area is 103 Å². The van der Waals surface area contributed by atoms with Crippen LogP contribution in [0.2, 0.25) is 0 Å². The Hall–Kier alpha value is -1.36. The number of rotatable bonds is 4. The standard InChI is InChI=1S/C12H21N5/c1-13-11-6-12(16-9-15-11)17(2)8-10-4-3-5-14-7-10/h6,9-10,14H,3-5,7-8H2,1-2H3,(H,13,15,16). The number of hydrogen-bond acceptors (Lipinski definition) is 5. The Morgan fingerprint density at radius 3 is 3.12 bits per heavy atom.